The SMILES string of the molecule is COc1cc(Cl)c(C)cc1NC(=O)CSc1nc(C)c(C)c(C)c1C#N. The Morgan fingerprint density at radius 2 is 2.00 bits per heavy atom. The Balaban J connectivity index is 2.16. The van der Waals surface area contributed by atoms with Crippen molar-refractivity contribution in [1.29, 1.82) is 5.26 Å². The summed E-state index contributed by atoms with van der Waals surface area (Å²) in [6, 6.07) is 5.62. The lowest BCUT2D eigenvalue weighted by Gasteiger charge is -2.13. The highest BCUT2D eigenvalue weighted by molar-refractivity contribution is 8.00. The zero-order chi connectivity index (χ0) is 19.4. The molecular formula is C19H20ClN3O2S. The van der Waals surface area contributed by atoms with E-state index in [4.69, 9.17) is 16.3 Å². The van der Waals surface area contributed by atoms with Gasteiger partial charge in [0.25, 0.3) is 0 Å². The second-order valence-corrected chi connectivity index (χ2v) is 7.25. The second-order valence-electron chi connectivity index (χ2n) is 5.88. The standard InChI is InChI=1S/C19H20ClN3O2S/c1-10-6-16(17(25-5)7-15(10)20)23-18(24)9-26-19-14(8-21)12(3)11(2)13(4)22-19/h6-7H,9H2,1-5H3,(H,23,24). The highest BCUT2D eigenvalue weighted by Crippen LogP contribution is 2.31. The van der Waals surface area contributed by atoms with E-state index in [-0.39, 0.29) is 11.7 Å². The van der Waals surface area contributed by atoms with Crippen LogP contribution >= 0.6 is 23.4 Å². The van der Waals surface area contributed by atoms with Crippen molar-refractivity contribution in [2.75, 3.05) is 18.2 Å². The van der Waals surface area contributed by atoms with Crippen LogP contribution in [0.3, 0.4) is 0 Å². The van der Waals surface area contributed by atoms with Crippen LogP contribution in [0.15, 0.2) is 17.2 Å². The van der Waals surface area contributed by atoms with Crippen molar-refractivity contribution in [2.45, 2.75) is 32.7 Å². The number of aryl methyl sites for hydroxylation is 2. The third-order valence-electron chi connectivity index (χ3n) is 4.17. The predicted molar refractivity (Wildman–Crippen MR) is 105 cm³/mol. The fourth-order valence-corrected chi connectivity index (χ4v) is 3.44. The molecule has 7 heteroatoms. The van der Waals surface area contributed by atoms with E-state index in [1.54, 1.807) is 12.1 Å². The maximum Gasteiger partial charge on any atom is 0.234 e. The summed E-state index contributed by atoms with van der Waals surface area (Å²) in [5, 5.41) is 13.4. The Bertz CT molecular complexity index is 907. The van der Waals surface area contributed by atoms with Crippen LogP contribution in [-0.4, -0.2) is 23.8 Å². The van der Waals surface area contributed by atoms with E-state index in [9.17, 15) is 10.1 Å². The van der Waals surface area contributed by atoms with Gasteiger partial charge in [-0.1, -0.05) is 23.4 Å². The minimum absolute atomic E-state index is 0.133. The van der Waals surface area contributed by atoms with E-state index in [0.717, 1.165) is 22.4 Å². The van der Waals surface area contributed by atoms with Gasteiger partial charge in [0.05, 0.1) is 24.1 Å². The topological polar surface area (TPSA) is 75.0 Å². The molecule has 0 aliphatic rings. The molecule has 1 heterocycles. The molecule has 136 valence electrons. The third kappa shape index (κ3) is 4.29. The number of amides is 1. The molecule has 0 aliphatic carbocycles. The molecule has 5 nitrogen and oxygen atoms in total. The summed E-state index contributed by atoms with van der Waals surface area (Å²) in [6.45, 7) is 7.59. The fraction of sp³-hybridized carbons (Fsp3) is 0.316. The second kappa shape index (κ2) is 8.43. The molecule has 1 amide bonds. The molecule has 0 aliphatic heterocycles. The zero-order valence-corrected chi connectivity index (χ0v) is 16.9. The number of hydrogen-bond donors (Lipinski definition) is 1. The number of anilines is 1. The van der Waals surface area contributed by atoms with Crippen LogP contribution in [0.4, 0.5) is 5.69 Å². The minimum atomic E-state index is -0.211. The molecular weight excluding hydrogens is 370 g/mol. The summed E-state index contributed by atoms with van der Waals surface area (Å²) < 4.78 is 5.26. The Hall–Kier alpha value is -2.23. The molecule has 2 aromatic rings. The summed E-state index contributed by atoms with van der Waals surface area (Å²) >= 11 is 7.33. The summed E-state index contributed by atoms with van der Waals surface area (Å²) in [6.07, 6.45) is 0. The summed E-state index contributed by atoms with van der Waals surface area (Å²) in [5.41, 5.74) is 4.68. The van der Waals surface area contributed by atoms with Gasteiger partial charge in [-0.05, 0) is 50.5 Å². The first-order chi connectivity index (χ1) is 12.3. The minimum Gasteiger partial charge on any atom is -0.495 e. The van der Waals surface area contributed by atoms with E-state index in [0.29, 0.717) is 27.0 Å². The van der Waals surface area contributed by atoms with Crippen LogP contribution < -0.4 is 10.1 Å². The van der Waals surface area contributed by atoms with Gasteiger partial charge in [0.15, 0.2) is 0 Å². The Morgan fingerprint density at radius 3 is 2.62 bits per heavy atom. The Kier molecular flexibility index (Phi) is 6.52. The van der Waals surface area contributed by atoms with Crippen LogP contribution in [0.1, 0.15) is 27.9 Å². The molecule has 0 bridgehead atoms. The number of benzene rings is 1. The number of halogens is 1. The van der Waals surface area contributed by atoms with Gasteiger partial charge in [-0.3, -0.25) is 4.79 Å². The number of nitrogens with one attached hydrogen (secondary N) is 1. The fourth-order valence-electron chi connectivity index (χ4n) is 2.40. The number of thioether (sulfide) groups is 1. The van der Waals surface area contributed by atoms with Gasteiger partial charge in [-0.15, -0.1) is 0 Å². The van der Waals surface area contributed by atoms with Crippen LogP contribution in [-0.2, 0) is 4.79 Å². The number of carbonyl (C=O) groups excluding carboxylic acids is 1. The highest BCUT2D eigenvalue weighted by Gasteiger charge is 2.15. The average Bonchev–Trinajstić information content (AvgIpc) is 2.60. The molecule has 0 radical (unpaired) electrons. The molecule has 26 heavy (non-hydrogen) atoms. The monoisotopic (exact) mass is 389 g/mol. The molecule has 1 aromatic carbocycles. The zero-order valence-electron chi connectivity index (χ0n) is 15.4. The Labute approximate surface area is 162 Å². The number of carbonyl (C=O) groups is 1. The van der Waals surface area contributed by atoms with Crippen LogP contribution in [0.2, 0.25) is 5.02 Å². The number of pyridine rings is 1. The van der Waals surface area contributed by atoms with E-state index >= 15 is 0 Å². The van der Waals surface area contributed by atoms with Crippen molar-refractivity contribution < 1.29 is 9.53 Å². The maximum absolute atomic E-state index is 12.4. The highest BCUT2D eigenvalue weighted by atomic mass is 35.5. The largest absolute Gasteiger partial charge is 0.495 e. The number of ether oxygens (including phenoxy) is 1. The molecule has 2 rings (SSSR count). The predicted octanol–water partition coefficient (Wildman–Crippen LogP) is 4.58. The van der Waals surface area contributed by atoms with Crippen LogP contribution in [0.5, 0.6) is 5.75 Å². The number of methoxy groups -OCH3 is 1. The summed E-state index contributed by atoms with van der Waals surface area (Å²) in [4.78, 5) is 16.8. The molecule has 0 unspecified atom stereocenters. The molecule has 1 N–H and O–H groups in total. The van der Waals surface area contributed by atoms with Crippen molar-refractivity contribution in [1.82, 2.24) is 4.98 Å². The van der Waals surface area contributed by atoms with Gasteiger partial charge in [-0.2, -0.15) is 5.26 Å². The van der Waals surface area contributed by atoms with Crippen molar-refractivity contribution in [3.05, 3.63) is 45.1 Å². The van der Waals surface area contributed by atoms with Crippen LogP contribution in [0, 0.1) is 39.0 Å². The Morgan fingerprint density at radius 1 is 1.31 bits per heavy atom. The molecule has 0 saturated heterocycles. The normalized spacial score (nSPS) is 10.3. The van der Waals surface area contributed by atoms with Gasteiger partial charge in [0, 0.05) is 16.8 Å². The molecule has 0 fully saturated rings. The van der Waals surface area contributed by atoms with Gasteiger partial charge >= 0.3 is 0 Å². The van der Waals surface area contributed by atoms with Crippen molar-refractivity contribution in [2.24, 2.45) is 0 Å². The van der Waals surface area contributed by atoms with E-state index in [2.05, 4.69) is 16.4 Å². The number of hydrogen-bond acceptors (Lipinski definition) is 5. The summed E-state index contributed by atoms with van der Waals surface area (Å²) in [7, 11) is 1.52. The van der Waals surface area contributed by atoms with Gasteiger partial charge in [0.1, 0.15) is 16.8 Å². The first kappa shape index (κ1) is 20.1. The van der Waals surface area contributed by atoms with Gasteiger partial charge in [-0.25, -0.2) is 4.98 Å². The molecule has 0 saturated carbocycles. The van der Waals surface area contributed by atoms with E-state index < -0.39 is 0 Å². The number of nitriles is 1. The molecule has 0 spiro atoms. The first-order valence-electron chi connectivity index (χ1n) is 7.93. The smallest absolute Gasteiger partial charge is 0.234 e. The van der Waals surface area contributed by atoms with E-state index in [1.807, 2.05) is 27.7 Å². The average molecular weight is 390 g/mol. The summed E-state index contributed by atoms with van der Waals surface area (Å²) in [5.74, 6) is 0.419. The van der Waals surface area contributed by atoms with Crippen molar-refractivity contribution in [3.63, 3.8) is 0 Å². The number of aromatic nitrogens is 1. The third-order valence-corrected chi connectivity index (χ3v) is 5.55. The molecule has 1 aromatic heterocycles. The van der Waals surface area contributed by atoms with Gasteiger partial charge < -0.3 is 10.1 Å². The number of rotatable bonds is 5. The van der Waals surface area contributed by atoms with Crippen LogP contribution in [0.25, 0.3) is 0 Å². The molecule has 0 atom stereocenters. The lowest BCUT2D eigenvalue weighted by atomic mass is 10.1. The van der Waals surface area contributed by atoms with E-state index in [1.165, 1.54) is 18.9 Å². The first-order valence-corrected chi connectivity index (χ1v) is 9.29. The van der Waals surface area contributed by atoms with Crippen molar-refractivity contribution >= 4 is 35.0 Å². The lowest BCUT2D eigenvalue weighted by molar-refractivity contribution is -0.113. The van der Waals surface area contributed by atoms with Gasteiger partial charge in [0.2, 0.25) is 5.91 Å². The lowest BCUT2D eigenvalue weighted by Crippen LogP contribution is -2.15. The quantitative estimate of drug-likeness (QED) is 0.757. The number of nitrogens with zero attached hydrogens (tertiary/aromatic N) is 2. The van der Waals surface area contributed by atoms with Crippen molar-refractivity contribution in [3.8, 4) is 11.8 Å². The maximum atomic E-state index is 12.4.